The number of aromatic carboxylic acids is 1. The fourth-order valence-electron chi connectivity index (χ4n) is 2.85. The molecule has 0 saturated carbocycles. The Kier molecular flexibility index (Phi) is 3.87. The van der Waals surface area contributed by atoms with Crippen molar-refractivity contribution in [3.63, 3.8) is 0 Å². The van der Waals surface area contributed by atoms with Gasteiger partial charge in [-0.1, -0.05) is 36.4 Å². The van der Waals surface area contributed by atoms with Gasteiger partial charge in [-0.05, 0) is 30.5 Å². The molecule has 1 aromatic carbocycles. The second-order valence-electron chi connectivity index (χ2n) is 5.28. The number of pyridine rings is 1. The highest BCUT2D eigenvalue weighted by molar-refractivity contribution is 5.94. The molecule has 0 spiro atoms. The highest BCUT2D eigenvalue weighted by Crippen LogP contribution is 2.32. The van der Waals surface area contributed by atoms with Crippen molar-refractivity contribution in [3.8, 4) is 0 Å². The van der Waals surface area contributed by atoms with Crippen LogP contribution < -0.4 is 0 Å². The highest BCUT2D eigenvalue weighted by Gasteiger charge is 2.31. The number of likely N-dealkylation sites (tertiary alicyclic amines) is 1. The first-order valence-corrected chi connectivity index (χ1v) is 7.23. The number of carbonyl (C=O) groups is 2. The standard InChI is InChI=1S/C17H16N2O3/c20-16(13-8-4-9-14(18-13)17(21)22)19-11-5-10-15(19)12-6-2-1-3-7-12/h1-4,6-9,15H,5,10-11H2,(H,21,22). The minimum atomic E-state index is -1.13. The van der Waals surface area contributed by atoms with Crippen LogP contribution >= 0.6 is 0 Å². The van der Waals surface area contributed by atoms with E-state index < -0.39 is 5.97 Å². The molecule has 0 bridgehead atoms. The van der Waals surface area contributed by atoms with E-state index in [0.29, 0.717) is 6.54 Å². The second kappa shape index (κ2) is 5.97. The molecule has 1 aliphatic heterocycles. The SMILES string of the molecule is O=C(O)c1cccc(C(=O)N2CCCC2c2ccccc2)n1. The van der Waals surface area contributed by atoms with E-state index in [1.54, 1.807) is 17.0 Å². The average Bonchev–Trinajstić information content (AvgIpc) is 3.04. The summed E-state index contributed by atoms with van der Waals surface area (Å²) in [6.07, 6.45) is 1.85. The van der Waals surface area contributed by atoms with Crippen molar-refractivity contribution in [2.45, 2.75) is 18.9 Å². The van der Waals surface area contributed by atoms with Gasteiger partial charge in [0, 0.05) is 6.54 Å². The number of hydrogen-bond donors (Lipinski definition) is 1. The summed E-state index contributed by atoms with van der Waals surface area (Å²) < 4.78 is 0. The number of carboxylic acids is 1. The van der Waals surface area contributed by atoms with Crippen LogP contribution in [0.5, 0.6) is 0 Å². The van der Waals surface area contributed by atoms with Gasteiger partial charge in [-0.15, -0.1) is 0 Å². The summed E-state index contributed by atoms with van der Waals surface area (Å²) >= 11 is 0. The van der Waals surface area contributed by atoms with Gasteiger partial charge < -0.3 is 10.0 Å². The van der Waals surface area contributed by atoms with Gasteiger partial charge in [0.05, 0.1) is 6.04 Å². The Morgan fingerprint density at radius 2 is 1.77 bits per heavy atom. The molecule has 1 aliphatic rings. The Morgan fingerprint density at radius 3 is 2.50 bits per heavy atom. The van der Waals surface area contributed by atoms with Crippen molar-refractivity contribution >= 4 is 11.9 Å². The third-order valence-electron chi connectivity index (χ3n) is 3.89. The van der Waals surface area contributed by atoms with E-state index >= 15 is 0 Å². The molecule has 1 fully saturated rings. The molecule has 1 saturated heterocycles. The highest BCUT2D eigenvalue weighted by atomic mass is 16.4. The second-order valence-corrected chi connectivity index (χ2v) is 5.28. The molecule has 0 aliphatic carbocycles. The van der Waals surface area contributed by atoms with Crippen LogP contribution in [0.15, 0.2) is 48.5 Å². The van der Waals surface area contributed by atoms with Crippen LogP contribution in [-0.2, 0) is 0 Å². The zero-order chi connectivity index (χ0) is 15.5. The summed E-state index contributed by atoms with van der Waals surface area (Å²) in [5.41, 5.74) is 1.17. The van der Waals surface area contributed by atoms with Gasteiger partial charge in [0.25, 0.3) is 5.91 Å². The van der Waals surface area contributed by atoms with Gasteiger partial charge in [-0.25, -0.2) is 9.78 Å². The van der Waals surface area contributed by atoms with Crippen molar-refractivity contribution < 1.29 is 14.7 Å². The first kappa shape index (κ1) is 14.3. The lowest BCUT2D eigenvalue weighted by Crippen LogP contribution is -2.31. The number of amides is 1. The van der Waals surface area contributed by atoms with Crippen molar-refractivity contribution in [1.82, 2.24) is 9.88 Å². The van der Waals surface area contributed by atoms with Crippen LogP contribution in [0, 0.1) is 0 Å². The molecule has 22 heavy (non-hydrogen) atoms. The number of rotatable bonds is 3. The van der Waals surface area contributed by atoms with Crippen LogP contribution in [-0.4, -0.2) is 33.4 Å². The molecule has 5 heteroatoms. The maximum atomic E-state index is 12.7. The number of aromatic nitrogens is 1. The number of benzene rings is 1. The summed E-state index contributed by atoms with van der Waals surface area (Å²) in [6.45, 7) is 0.664. The molecular weight excluding hydrogens is 280 g/mol. The first-order chi connectivity index (χ1) is 10.7. The van der Waals surface area contributed by atoms with E-state index in [2.05, 4.69) is 4.98 Å². The summed E-state index contributed by atoms with van der Waals surface area (Å²) in [5.74, 6) is -1.34. The average molecular weight is 296 g/mol. The number of hydrogen-bond acceptors (Lipinski definition) is 3. The number of carbonyl (C=O) groups excluding carboxylic acids is 1. The molecule has 112 valence electrons. The van der Waals surface area contributed by atoms with Crippen LogP contribution in [0.2, 0.25) is 0 Å². The molecule has 1 N–H and O–H groups in total. The van der Waals surface area contributed by atoms with E-state index in [0.717, 1.165) is 18.4 Å². The predicted molar refractivity (Wildman–Crippen MR) is 80.6 cm³/mol. The van der Waals surface area contributed by atoms with Gasteiger partial charge in [0.1, 0.15) is 11.4 Å². The van der Waals surface area contributed by atoms with Crippen LogP contribution in [0.3, 0.4) is 0 Å². The van der Waals surface area contributed by atoms with E-state index in [4.69, 9.17) is 5.11 Å². The minimum absolute atomic E-state index is 0.0315. The molecule has 0 radical (unpaired) electrons. The topological polar surface area (TPSA) is 70.5 Å². The third-order valence-corrected chi connectivity index (χ3v) is 3.89. The maximum absolute atomic E-state index is 12.7. The monoisotopic (exact) mass is 296 g/mol. The minimum Gasteiger partial charge on any atom is -0.477 e. The Morgan fingerprint density at radius 1 is 1.05 bits per heavy atom. The van der Waals surface area contributed by atoms with Gasteiger partial charge in [0.2, 0.25) is 0 Å². The predicted octanol–water partition coefficient (Wildman–Crippen LogP) is 2.76. The first-order valence-electron chi connectivity index (χ1n) is 7.23. The van der Waals surface area contributed by atoms with Gasteiger partial charge in [-0.2, -0.15) is 0 Å². The smallest absolute Gasteiger partial charge is 0.354 e. The van der Waals surface area contributed by atoms with E-state index in [1.807, 2.05) is 30.3 Å². The molecule has 1 unspecified atom stereocenters. The van der Waals surface area contributed by atoms with Gasteiger partial charge >= 0.3 is 5.97 Å². The van der Waals surface area contributed by atoms with Crippen molar-refractivity contribution in [2.75, 3.05) is 6.54 Å². The largest absolute Gasteiger partial charge is 0.477 e. The van der Waals surface area contributed by atoms with Gasteiger partial charge in [0.15, 0.2) is 0 Å². The van der Waals surface area contributed by atoms with Crippen molar-refractivity contribution in [3.05, 3.63) is 65.5 Å². The Balaban J connectivity index is 1.88. The zero-order valence-corrected chi connectivity index (χ0v) is 12.0. The summed E-state index contributed by atoms with van der Waals surface area (Å²) in [5, 5.41) is 9.00. The van der Waals surface area contributed by atoms with Crippen LogP contribution in [0.25, 0.3) is 0 Å². The lowest BCUT2D eigenvalue weighted by Gasteiger charge is -2.24. The number of nitrogens with zero attached hydrogens (tertiary/aromatic N) is 2. The Bertz CT molecular complexity index is 700. The Hall–Kier alpha value is -2.69. The molecule has 1 amide bonds. The van der Waals surface area contributed by atoms with E-state index in [-0.39, 0.29) is 23.3 Å². The molecule has 3 rings (SSSR count). The summed E-state index contributed by atoms with van der Waals surface area (Å²) in [4.78, 5) is 29.4. The summed E-state index contributed by atoms with van der Waals surface area (Å²) in [6, 6.07) is 14.4. The maximum Gasteiger partial charge on any atom is 0.354 e. The van der Waals surface area contributed by atoms with Crippen LogP contribution in [0.4, 0.5) is 0 Å². The van der Waals surface area contributed by atoms with Gasteiger partial charge in [-0.3, -0.25) is 4.79 Å². The molecule has 5 nitrogen and oxygen atoms in total. The lowest BCUT2D eigenvalue weighted by molar-refractivity contribution is 0.0689. The molecular formula is C17H16N2O3. The van der Waals surface area contributed by atoms with Crippen molar-refractivity contribution in [1.29, 1.82) is 0 Å². The molecule has 2 aromatic rings. The molecule has 1 aromatic heterocycles. The zero-order valence-electron chi connectivity index (χ0n) is 12.0. The fraction of sp³-hybridized carbons (Fsp3) is 0.235. The van der Waals surface area contributed by atoms with Crippen LogP contribution in [0.1, 0.15) is 45.4 Å². The third kappa shape index (κ3) is 2.70. The van der Waals surface area contributed by atoms with E-state index in [9.17, 15) is 9.59 Å². The van der Waals surface area contributed by atoms with Crippen molar-refractivity contribution in [2.24, 2.45) is 0 Å². The lowest BCUT2D eigenvalue weighted by atomic mass is 10.0. The normalized spacial score (nSPS) is 17.5. The fourth-order valence-corrected chi connectivity index (χ4v) is 2.85. The molecule has 1 atom stereocenters. The number of carboxylic acid groups (broad SMARTS) is 1. The molecule has 2 heterocycles. The Labute approximate surface area is 128 Å². The quantitative estimate of drug-likeness (QED) is 0.945. The van der Waals surface area contributed by atoms with E-state index in [1.165, 1.54) is 6.07 Å². The summed E-state index contributed by atoms with van der Waals surface area (Å²) in [7, 11) is 0.